The monoisotopic (exact) mass is 496 g/mol. The van der Waals surface area contributed by atoms with Crippen molar-refractivity contribution in [3.8, 4) is 0 Å². The number of anilines is 1. The third-order valence-electron chi connectivity index (χ3n) is 6.88. The summed E-state index contributed by atoms with van der Waals surface area (Å²) in [5.41, 5.74) is 4.99. The van der Waals surface area contributed by atoms with Crippen LogP contribution >= 0.6 is 11.5 Å². The summed E-state index contributed by atoms with van der Waals surface area (Å²) < 4.78 is 4.58. The van der Waals surface area contributed by atoms with E-state index in [9.17, 15) is 4.79 Å². The van der Waals surface area contributed by atoms with E-state index in [4.69, 9.17) is 4.98 Å². The topological polar surface area (TPSA) is 58.1 Å². The van der Waals surface area contributed by atoms with E-state index in [1.54, 1.807) is 0 Å². The van der Waals surface area contributed by atoms with Gasteiger partial charge in [-0.05, 0) is 42.9 Å². The zero-order valence-electron chi connectivity index (χ0n) is 20.6. The SMILES string of the molecule is Cc1ccc(Cc2nsc(N3CCCC3C(=O)NCCC(c3ccccc3)c3ccccc3)n2)cc1. The Kier molecular flexibility index (Phi) is 7.72. The maximum absolute atomic E-state index is 13.2. The number of nitrogens with one attached hydrogen (secondary N) is 1. The van der Waals surface area contributed by atoms with Crippen LogP contribution in [0.1, 0.15) is 53.3 Å². The number of hydrogen-bond acceptors (Lipinski definition) is 5. The van der Waals surface area contributed by atoms with Gasteiger partial charge in [0.05, 0.1) is 0 Å². The molecule has 5 rings (SSSR count). The molecule has 0 saturated carbocycles. The fourth-order valence-corrected chi connectivity index (χ4v) is 5.71. The predicted molar refractivity (Wildman–Crippen MR) is 147 cm³/mol. The molecule has 1 N–H and O–H groups in total. The summed E-state index contributed by atoms with van der Waals surface area (Å²) in [5.74, 6) is 1.15. The first-order valence-electron chi connectivity index (χ1n) is 12.7. The van der Waals surface area contributed by atoms with Gasteiger partial charge in [0.1, 0.15) is 11.9 Å². The summed E-state index contributed by atoms with van der Waals surface area (Å²) in [6, 6.07) is 29.4. The van der Waals surface area contributed by atoms with Crippen molar-refractivity contribution in [2.45, 2.75) is 44.6 Å². The molecule has 1 saturated heterocycles. The van der Waals surface area contributed by atoms with Gasteiger partial charge < -0.3 is 10.2 Å². The molecule has 0 bridgehead atoms. The van der Waals surface area contributed by atoms with Crippen LogP contribution in [-0.2, 0) is 11.2 Å². The Balaban J connectivity index is 1.20. The quantitative estimate of drug-likeness (QED) is 0.321. The zero-order valence-corrected chi connectivity index (χ0v) is 21.5. The number of nitrogens with zero attached hydrogens (tertiary/aromatic N) is 3. The predicted octanol–water partition coefficient (Wildman–Crippen LogP) is 5.74. The lowest BCUT2D eigenvalue weighted by molar-refractivity contribution is -0.122. The molecule has 1 amide bonds. The van der Waals surface area contributed by atoms with E-state index in [1.165, 1.54) is 33.8 Å². The van der Waals surface area contributed by atoms with E-state index >= 15 is 0 Å². The first-order valence-corrected chi connectivity index (χ1v) is 13.5. The third-order valence-corrected chi connectivity index (χ3v) is 7.67. The number of aryl methyl sites for hydroxylation is 1. The van der Waals surface area contributed by atoms with Crippen molar-refractivity contribution in [1.82, 2.24) is 14.7 Å². The fourth-order valence-electron chi connectivity index (χ4n) is 4.94. The molecule has 0 spiro atoms. The Hall–Kier alpha value is -3.51. The minimum atomic E-state index is -0.183. The molecule has 0 radical (unpaired) electrons. The van der Waals surface area contributed by atoms with Crippen molar-refractivity contribution in [3.05, 3.63) is 113 Å². The van der Waals surface area contributed by atoms with E-state index < -0.39 is 0 Å². The van der Waals surface area contributed by atoms with Crippen LogP contribution in [0, 0.1) is 6.92 Å². The van der Waals surface area contributed by atoms with Crippen molar-refractivity contribution in [1.29, 1.82) is 0 Å². The first-order chi connectivity index (χ1) is 17.7. The van der Waals surface area contributed by atoms with Crippen LogP contribution in [0.15, 0.2) is 84.9 Å². The van der Waals surface area contributed by atoms with Gasteiger partial charge in [0.15, 0.2) is 0 Å². The molecule has 1 aliphatic rings. The van der Waals surface area contributed by atoms with Gasteiger partial charge in [-0.1, -0.05) is 90.5 Å². The molecule has 1 unspecified atom stereocenters. The van der Waals surface area contributed by atoms with Gasteiger partial charge in [0.2, 0.25) is 11.0 Å². The molecule has 184 valence electrons. The average Bonchev–Trinajstić information content (AvgIpc) is 3.59. The van der Waals surface area contributed by atoms with Crippen molar-refractivity contribution in [2.24, 2.45) is 0 Å². The first kappa shape index (κ1) is 24.2. The number of benzene rings is 3. The molecule has 0 aliphatic carbocycles. The van der Waals surface area contributed by atoms with Crippen LogP contribution in [0.5, 0.6) is 0 Å². The van der Waals surface area contributed by atoms with Crippen LogP contribution in [0.25, 0.3) is 0 Å². The highest BCUT2D eigenvalue weighted by Gasteiger charge is 2.33. The van der Waals surface area contributed by atoms with Crippen LogP contribution in [0.3, 0.4) is 0 Å². The van der Waals surface area contributed by atoms with Gasteiger partial charge >= 0.3 is 0 Å². The van der Waals surface area contributed by atoms with Crippen molar-refractivity contribution < 1.29 is 4.79 Å². The average molecular weight is 497 g/mol. The van der Waals surface area contributed by atoms with Gasteiger partial charge in [-0.3, -0.25) is 4.79 Å². The van der Waals surface area contributed by atoms with Crippen molar-refractivity contribution in [3.63, 3.8) is 0 Å². The van der Waals surface area contributed by atoms with Gasteiger partial charge in [0.25, 0.3) is 0 Å². The minimum absolute atomic E-state index is 0.0858. The van der Waals surface area contributed by atoms with E-state index in [-0.39, 0.29) is 17.9 Å². The highest BCUT2D eigenvalue weighted by Crippen LogP contribution is 2.29. The van der Waals surface area contributed by atoms with Crippen LogP contribution < -0.4 is 10.2 Å². The second kappa shape index (κ2) is 11.5. The van der Waals surface area contributed by atoms with Crippen molar-refractivity contribution >= 4 is 22.6 Å². The molecule has 1 fully saturated rings. The maximum atomic E-state index is 13.2. The normalized spacial score (nSPS) is 15.4. The minimum Gasteiger partial charge on any atom is -0.354 e. The Morgan fingerprint density at radius 2 is 1.67 bits per heavy atom. The smallest absolute Gasteiger partial charge is 0.242 e. The number of rotatable bonds is 9. The lowest BCUT2D eigenvalue weighted by atomic mass is 9.88. The lowest BCUT2D eigenvalue weighted by Gasteiger charge is -2.23. The molecule has 1 atom stereocenters. The highest BCUT2D eigenvalue weighted by molar-refractivity contribution is 7.09. The summed E-state index contributed by atoms with van der Waals surface area (Å²) in [7, 11) is 0. The molecule has 3 aromatic carbocycles. The molecular weight excluding hydrogens is 464 g/mol. The standard InChI is InChI=1S/C30H32N4OS/c1-22-14-16-23(17-15-22)21-28-32-30(36-33-28)34-20-8-13-27(34)29(35)31-19-18-26(24-9-4-2-5-10-24)25-11-6-3-7-12-25/h2-7,9-12,14-17,26-27H,8,13,18-21H2,1H3,(H,31,35). The second-order valence-electron chi connectivity index (χ2n) is 9.46. The summed E-state index contributed by atoms with van der Waals surface area (Å²) in [5, 5.41) is 4.07. The third kappa shape index (κ3) is 5.82. The Labute approximate surface area is 217 Å². The van der Waals surface area contributed by atoms with Gasteiger partial charge in [0, 0.05) is 37.0 Å². The highest BCUT2D eigenvalue weighted by atomic mass is 32.1. The summed E-state index contributed by atoms with van der Waals surface area (Å²) >= 11 is 1.40. The fraction of sp³-hybridized carbons (Fsp3) is 0.300. The van der Waals surface area contributed by atoms with E-state index in [0.29, 0.717) is 13.0 Å². The molecule has 5 nitrogen and oxygen atoms in total. The van der Waals surface area contributed by atoms with E-state index in [1.807, 2.05) is 12.1 Å². The second-order valence-corrected chi connectivity index (χ2v) is 10.2. The number of amides is 1. The van der Waals surface area contributed by atoms with Crippen LogP contribution in [0.2, 0.25) is 0 Å². The molecule has 1 aliphatic heterocycles. The lowest BCUT2D eigenvalue weighted by Crippen LogP contribution is -2.43. The largest absolute Gasteiger partial charge is 0.354 e. The number of hydrogen-bond donors (Lipinski definition) is 1. The Morgan fingerprint density at radius 3 is 2.33 bits per heavy atom. The van der Waals surface area contributed by atoms with Crippen LogP contribution in [-0.4, -0.2) is 34.4 Å². The summed E-state index contributed by atoms with van der Waals surface area (Å²) in [6.07, 6.45) is 3.40. The summed E-state index contributed by atoms with van der Waals surface area (Å²) in [6.45, 7) is 3.56. The number of aromatic nitrogens is 2. The van der Waals surface area contributed by atoms with Gasteiger partial charge in [-0.25, -0.2) is 4.98 Å². The Bertz CT molecular complexity index is 1220. The molecular formula is C30H32N4OS. The summed E-state index contributed by atoms with van der Waals surface area (Å²) in [4.78, 5) is 20.1. The van der Waals surface area contributed by atoms with Gasteiger partial charge in [-0.2, -0.15) is 4.37 Å². The zero-order chi connectivity index (χ0) is 24.7. The number of carbonyl (C=O) groups excluding carboxylic acids is 1. The molecule has 6 heteroatoms. The van der Waals surface area contributed by atoms with E-state index in [2.05, 4.69) is 94.3 Å². The molecule has 1 aromatic heterocycles. The number of carbonyl (C=O) groups is 1. The molecule has 4 aromatic rings. The Morgan fingerprint density at radius 1 is 1.00 bits per heavy atom. The molecule has 36 heavy (non-hydrogen) atoms. The molecule has 2 heterocycles. The van der Waals surface area contributed by atoms with Crippen molar-refractivity contribution in [2.75, 3.05) is 18.0 Å². The maximum Gasteiger partial charge on any atom is 0.242 e. The van der Waals surface area contributed by atoms with Crippen LogP contribution in [0.4, 0.5) is 5.13 Å². The van der Waals surface area contributed by atoms with E-state index in [0.717, 1.165) is 36.8 Å². The van der Waals surface area contributed by atoms with Gasteiger partial charge in [-0.15, -0.1) is 0 Å².